The number of hydrazone groups is 1. The number of ether oxygens (including phenoxy) is 2. The van der Waals surface area contributed by atoms with E-state index >= 15 is 0 Å². The van der Waals surface area contributed by atoms with Crippen molar-refractivity contribution in [1.29, 1.82) is 0 Å². The summed E-state index contributed by atoms with van der Waals surface area (Å²) in [6.45, 7) is 0.423. The van der Waals surface area contributed by atoms with Gasteiger partial charge in [0, 0.05) is 24.0 Å². The van der Waals surface area contributed by atoms with Crippen molar-refractivity contribution in [2.45, 2.75) is 38.6 Å². The molecule has 1 fully saturated rings. The summed E-state index contributed by atoms with van der Waals surface area (Å²) >= 11 is 0. The molecule has 1 aliphatic rings. The largest absolute Gasteiger partial charge is 0.522 e. The van der Waals surface area contributed by atoms with Gasteiger partial charge in [-0.1, -0.05) is 6.08 Å². The SMILES string of the molecule is C/C=C\C(=N/N(C=O)CC(=O)NC1CCC1)c1cnc(OCCOC(F)(F)F)nc1. The summed E-state index contributed by atoms with van der Waals surface area (Å²) in [5.74, 6) is -0.309. The van der Waals surface area contributed by atoms with E-state index < -0.39 is 13.0 Å². The van der Waals surface area contributed by atoms with Crippen LogP contribution in [-0.4, -0.2) is 65.2 Å². The molecule has 1 heterocycles. The maximum atomic E-state index is 12.0. The topological polar surface area (TPSA) is 106 Å². The molecule has 1 aromatic rings. The minimum absolute atomic E-state index is 0.142. The first-order valence-electron chi connectivity index (χ1n) is 9.19. The number of halogens is 3. The predicted octanol–water partition coefficient (Wildman–Crippen LogP) is 1.80. The van der Waals surface area contributed by atoms with Crippen LogP contribution in [0.5, 0.6) is 6.01 Å². The number of nitrogens with one attached hydrogen (secondary N) is 1. The van der Waals surface area contributed by atoms with Crippen LogP contribution in [0.3, 0.4) is 0 Å². The minimum Gasteiger partial charge on any atom is -0.461 e. The molecule has 0 spiro atoms. The zero-order valence-electron chi connectivity index (χ0n) is 16.3. The summed E-state index contributed by atoms with van der Waals surface area (Å²) in [7, 11) is 0. The summed E-state index contributed by atoms with van der Waals surface area (Å²) < 4.78 is 44.3. The molecule has 0 aromatic carbocycles. The van der Waals surface area contributed by atoms with Crippen LogP contribution in [0.1, 0.15) is 31.7 Å². The van der Waals surface area contributed by atoms with Crippen LogP contribution in [-0.2, 0) is 14.3 Å². The third kappa shape index (κ3) is 8.15. The van der Waals surface area contributed by atoms with Gasteiger partial charge in [0.2, 0.25) is 12.3 Å². The molecule has 1 N–H and O–H groups in total. The molecule has 9 nitrogen and oxygen atoms in total. The first-order chi connectivity index (χ1) is 14.3. The highest BCUT2D eigenvalue weighted by molar-refractivity contribution is 6.08. The Kier molecular flexibility index (Phi) is 8.71. The Balaban J connectivity index is 1.97. The van der Waals surface area contributed by atoms with Gasteiger partial charge in [-0.25, -0.2) is 15.0 Å². The number of carbonyl (C=O) groups is 2. The zero-order chi connectivity index (χ0) is 22.0. The number of hydrogen-bond acceptors (Lipinski definition) is 7. The average molecular weight is 429 g/mol. The van der Waals surface area contributed by atoms with Gasteiger partial charge in [-0.3, -0.25) is 14.3 Å². The fourth-order valence-corrected chi connectivity index (χ4v) is 2.37. The Hall–Kier alpha value is -3.02. The molecule has 164 valence electrons. The Morgan fingerprint density at radius 3 is 2.57 bits per heavy atom. The van der Waals surface area contributed by atoms with E-state index in [-0.39, 0.29) is 31.1 Å². The highest BCUT2D eigenvalue weighted by atomic mass is 19.4. The van der Waals surface area contributed by atoms with Gasteiger partial charge in [-0.2, -0.15) is 5.10 Å². The van der Waals surface area contributed by atoms with E-state index in [1.54, 1.807) is 19.1 Å². The van der Waals surface area contributed by atoms with Gasteiger partial charge in [-0.15, -0.1) is 13.2 Å². The zero-order valence-corrected chi connectivity index (χ0v) is 16.3. The maximum absolute atomic E-state index is 12.0. The monoisotopic (exact) mass is 429 g/mol. The van der Waals surface area contributed by atoms with Gasteiger partial charge >= 0.3 is 12.4 Å². The van der Waals surface area contributed by atoms with Crippen LogP contribution < -0.4 is 10.1 Å². The molecule has 12 heteroatoms. The predicted molar refractivity (Wildman–Crippen MR) is 99.4 cm³/mol. The normalized spacial score (nSPS) is 15.0. The Morgan fingerprint density at radius 2 is 2.03 bits per heavy atom. The molecule has 2 amide bonds. The first kappa shape index (κ1) is 23.3. The molecule has 0 unspecified atom stereocenters. The fourth-order valence-electron chi connectivity index (χ4n) is 2.37. The van der Waals surface area contributed by atoms with Gasteiger partial charge in [0.25, 0.3) is 0 Å². The number of aromatic nitrogens is 2. The van der Waals surface area contributed by atoms with Crippen molar-refractivity contribution in [3.63, 3.8) is 0 Å². The van der Waals surface area contributed by atoms with Crippen LogP contribution in [0.15, 0.2) is 29.6 Å². The van der Waals surface area contributed by atoms with Crippen LogP contribution in [0, 0.1) is 0 Å². The van der Waals surface area contributed by atoms with Crippen molar-refractivity contribution in [1.82, 2.24) is 20.3 Å². The highest BCUT2D eigenvalue weighted by Gasteiger charge is 2.28. The fraction of sp³-hybridized carbons (Fsp3) is 0.500. The van der Waals surface area contributed by atoms with Crippen molar-refractivity contribution in [3.05, 3.63) is 30.1 Å². The van der Waals surface area contributed by atoms with Gasteiger partial charge in [0.15, 0.2) is 0 Å². The summed E-state index contributed by atoms with van der Waals surface area (Å²) in [5, 5.41) is 7.93. The van der Waals surface area contributed by atoms with E-state index in [4.69, 9.17) is 4.74 Å². The van der Waals surface area contributed by atoms with Crippen molar-refractivity contribution in [2.24, 2.45) is 5.10 Å². The second kappa shape index (κ2) is 11.2. The molecular formula is C18H22F3N5O4. The second-order valence-electron chi connectivity index (χ2n) is 6.28. The van der Waals surface area contributed by atoms with E-state index in [9.17, 15) is 22.8 Å². The number of amides is 2. The molecule has 0 aliphatic heterocycles. The van der Waals surface area contributed by atoms with E-state index in [2.05, 4.69) is 25.1 Å². The first-order valence-corrected chi connectivity index (χ1v) is 9.19. The van der Waals surface area contributed by atoms with Gasteiger partial charge in [0.1, 0.15) is 13.2 Å². The van der Waals surface area contributed by atoms with E-state index in [0.29, 0.717) is 17.7 Å². The molecule has 30 heavy (non-hydrogen) atoms. The molecule has 1 aliphatic carbocycles. The Labute approximate surface area is 171 Å². The lowest BCUT2D eigenvalue weighted by atomic mass is 9.93. The molecule has 1 saturated carbocycles. The number of nitrogens with zero attached hydrogens (tertiary/aromatic N) is 4. The molecule has 0 saturated heterocycles. The third-order valence-corrected chi connectivity index (χ3v) is 3.96. The van der Waals surface area contributed by atoms with Crippen LogP contribution >= 0.6 is 0 Å². The standard InChI is InChI=1S/C18H22F3N5O4/c1-2-4-15(25-26(12-27)11-16(28)24-14-5-3-6-14)13-9-22-17(23-10-13)29-7-8-30-18(19,20)21/h2,4,9-10,12,14H,3,5-8,11H2,1H3,(H,24,28)/b4-2-,25-15+. The highest BCUT2D eigenvalue weighted by Crippen LogP contribution is 2.18. The molecular weight excluding hydrogens is 407 g/mol. The maximum Gasteiger partial charge on any atom is 0.522 e. The smallest absolute Gasteiger partial charge is 0.461 e. The molecule has 1 aromatic heterocycles. The van der Waals surface area contributed by atoms with Gasteiger partial charge in [-0.05, 0) is 32.3 Å². The second-order valence-corrected chi connectivity index (χ2v) is 6.28. The van der Waals surface area contributed by atoms with Gasteiger partial charge < -0.3 is 10.1 Å². The molecule has 2 rings (SSSR count). The van der Waals surface area contributed by atoms with E-state index in [0.717, 1.165) is 24.3 Å². The number of alkyl halides is 3. The van der Waals surface area contributed by atoms with Crippen LogP contribution in [0.4, 0.5) is 13.2 Å². The van der Waals surface area contributed by atoms with Crippen molar-refractivity contribution in [2.75, 3.05) is 19.8 Å². The summed E-state index contributed by atoms with van der Waals surface area (Å²) in [4.78, 5) is 31.1. The van der Waals surface area contributed by atoms with Crippen molar-refractivity contribution in [3.8, 4) is 6.01 Å². The summed E-state index contributed by atoms with van der Waals surface area (Å²) in [5.41, 5.74) is 0.728. The average Bonchev–Trinajstić information content (AvgIpc) is 2.67. The number of allylic oxidation sites excluding steroid dienone is 2. The van der Waals surface area contributed by atoms with E-state index in [1.807, 2.05) is 0 Å². The van der Waals surface area contributed by atoms with Crippen molar-refractivity contribution < 1.29 is 32.2 Å². The Bertz CT molecular complexity index is 764. The van der Waals surface area contributed by atoms with Crippen molar-refractivity contribution >= 4 is 18.0 Å². The van der Waals surface area contributed by atoms with Crippen LogP contribution in [0.2, 0.25) is 0 Å². The molecule has 0 radical (unpaired) electrons. The third-order valence-electron chi connectivity index (χ3n) is 3.96. The summed E-state index contributed by atoms with van der Waals surface area (Å²) in [6, 6.07) is 0.00365. The lowest BCUT2D eigenvalue weighted by Gasteiger charge is -2.26. The lowest BCUT2D eigenvalue weighted by molar-refractivity contribution is -0.325. The lowest BCUT2D eigenvalue weighted by Crippen LogP contribution is -2.43. The molecule has 0 bridgehead atoms. The number of carbonyl (C=O) groups excluding carboxylic acids is 2. The van der Waals surface area contributed by atoms with Crippen LogP contribution in [0.25, 0.3) is 0 Å². The minimum atomic E-state index is -4.73. The van der Waals surface area contributed by atoms with E-state index in [1.165, 1.54) is 12.4 Å². The Morgan fingerprint density at radius 1 is 1.33 bits per heavy atom. The van der Waals surface area contributed by atoms with Gasteiger partial charge in [0.05, 0.1) is 12.3 Å². The summed E-state index contributed by atoms with van der Waals surface area (Å²) in [6.07, 6.45) is 4.56. The number of rotatable bonds is 11. The molecule has 0 atom stereocenters. The number of hydrogen-bond donors (Lipinski definition) is 1. The quantitative estimate of drug-likeness (QED) is 0.249.